The number of aromatic nitrogens is 2. The molecule has 1 fully saturated rings. The SMILES string of the molecule is Cc1cc(NC2CCCCC2C)ncn1. The summed E-state index contributed by atoms with van der Waals surface area (Å²) in [6.07, 6.45) is 6.95. The van der Waals surface area contributed by atoms with Gasteiger partial charge in [0.15, 0.2) is 0 Å². The Kier molecular flexibility index (Phi) is 3.19. The summed E-state index contributed by atoms with van der Waals surface area (Å²) in [4.78, 5) is 8.35. The molecule has 15 heavy (non-hydrogen) atoms. The van der Waals surface area contributed by atoms with Crippen LogP contribution in [0.2, 0.25) is 0 Å². The van der Waals surface area contributed by atoms with Crippen LogP contribution >= 0.6 is 0 Å². The third-order valence-electron chi connectivity index (χ3n) is 3.25. The van der Waals surface area contributed by atoms with Crippen LogP contribution < -0.4 is 5.32 Å². The molecule has 0 aromatic carbocycles. The lowest BCUT2D eigenvalue weighted by molar-refractivity contribution is 0.349. The molecule has 1 N–H and O–H groups in total. The number of hydrogen-bond acceptors (Lipinski definition) is 3. The summed E-state index contributed by atoms with van der Waals surface area (Å²) in [5, 5.41) is 3.52. The maximum absolute atomic E-state index is 4.25. The Bertz CT molecular complexity index is 324. The van der Waals surface area contributed by atoms with E-state index in [0.717, 1.165) is 17.4 Å². The number of nitrogens with one attached hydrogen (secondary N) is 1. The largest absolute Gasteiger partial charge is 0.367 e. The first-order valence-corrected chi connectivity index (χ1v) is 5.81. The minimum atomic E-state index is 0.591. The van der Waals surface area contributed by atoms with E-state index in [1.807, 2.05) is 13.0 Å². The zero-order chi connectivity index (χ0) is 10.7. The Morgan fingerprint density at radius 2 is 2.07 bits per heavy atom. The van der Waals surface area contributed by atoms with Crippen molar-refractivity contribution in [2.75, 3.05) is 5.32 Å². The van der Waals surface area contributed by atoms with Gasteiger partial charge in [-0.15, -0.1) is 0 Å². The highest BCUT2D eigenvalue weighted by Crippen LogP contribution is 2.26. The van der Waals surface area contributed by atoms with Crippen molar-refractivity contribution in [2.45, 2.75) is 45.6 Å². The van der Waals surface area contributed by atoms with Crippen LogP contribution in [0.3, 0.4) is 0 Å². The van der Waals surface area contributed by atoms with Crippen molar-refractivity contribution in [3.8, 4) is 0 Å². The molecular formula is C12H19N3. The van der Waals surface area contributed by atoms with Gasteiger partial charge >= 0.3 is 0 Å². The van der Waals surface area contributed by atoms with Crippen LogP contribution in [0, 0.1) is 12.8 Å². The van der Waals surface area contributed by atoms with E-state index in [0.29, 0.717) is 6.04 Å². The average molecular weight is 205 g/mol. The highest BCUT2D eigenvalue weighted by Gasteiger charge is 2.21. The van der Waals surface area contributed by atoms with Gasteiger partial charge < -0.3 is 5.32 Å². The summed E-state index contributed by atoms with van der Waals surface area (Å²) >= 11 is 0. The molecule has 3 heteroatoms. The first-order valence-electron chi connectivity index (χ1n) is 5.81. The van der Waals surface area contributed by atoms with Crippen LogP contribution in [0.1, 0.15) is 38.3 Å². The van der Waals surface area contributed by atoms with Gasteiger partial charge in [-0.25, -0.2) is 9.97 Å². The number of rotatable bonds is 2. The van der Waals surface area contributed by atoms with Gasteiger partial charge in [0.25, 0.3) is 0 Å². The molecule has 1 heterocycles. The Morgan fingerprint density at radius 3 is 2.80 bits per heavy atom. The van der Waals surface area contributed by atoms with Gasteiger partial charge in [-0.1, -0.05) is 19.8 Å². The van der Waals surface area contributed by atoms with Crippen LogP contribution in [0.4, 0.5) is 5.82 Å². The molecule has 1 aromatic heterocycles. The summed E-state index contributed by atoms with van der Waals surface area (Å²) in [6.45, 7) is 4.32. The molecule has 0 bridgehead atoms. The molecule has 2 atom stereocenters. The Hall–Kier alpha value is -1.12. The van der Waals surface area contributed by atoms with E-state index >= 15 is 0 Å². The van der Waals surface area contributed by atoms with Crippen molar-refractivity contribution in [3.63, 3.8) is 0 Å². The molecule has 1 aliphatic carbocycles. The molecule has 1 aromatic rings. The van der Waals surface area contributed by atoms with Gasteiger partial charge in [0.2, 0.25) is 0 Å². The normalized spacial score (nSPS) is 26.3. The first-order chi connectivity index (χ1) is 7.25. The molecule has 0 amide bonds. The summed E-state index contributed by atoms with van der Waals surface area (Å²) < 4.78 is 0. The second-order valence-corrected chi connectivity index (χ2v) is 4.56. The molecule has 0 aliphatic heterocycles. The summed E-state index contributed by atoms with van der Waals surface area (Å²) in [5.41, 5.74) is 1.02. The standard InChI is InChI=1S/C12H19N3/c1-9-5-3-4-6-11(9)15-12-7-10(2)13-8-14-12/h7-9,11H,3-6H2,1-2H3,(H,13,14,15). The predicted molar refractivity (Wildman–Crippen MR) is 61.8 cm³/mol. The molecule has 82 valence electrons. The van der Waals surface area contributed by atoms with E-state index in [1.54, 1.807) is 6.33 Å². The number of anilines is 1. The highest BCUT2D eigenvalue weighted by molar-refractivity contribution is 5.35. The summed E-state index contributed by atoms with van der Waals surface area (Å²) in [7, 11) is 0. The van der Waals surface area contributed by atoms with Gasteiger partial charge in [0.1, 0.15) is 12.1 Å². The predicted octanol–water partition coefficient (Wildman–Crippen LogP) is 2.78. The molecule has 1 saturated carbocycles. The molecule has 3 nitrogen and oxygen atoms in total. The van der Waals surface area contributed by atoms with Crippen molar-refractivity contribution in [1.82, 2.24) is 9.97 Å². The number of hydrogen-bond donors (Lipinski definition) is 1. The van der Waals surface area contributed by atoms with Crippen molar-refractivity contribution in [2.24, 2.45) is 5.92 Å². The smallest absolute Gasteiger partial charge is 0.129 e. The Labute approximate surface area is 91.3 Å². The summed E-state index contributed by atoms with van der Waals surface area (Å²) in [5.74, 6) is 1.73. The Balaban J connectivity index is 2.01. The number of nitrogens with zero attached hydrogens (tertiary/aromatic N) is 2. The second-order valence-electron chi connectivity index (χ2n) is 4.56. The van der Waals surface area contributed by atoms with Crippen LogP contribution in [-0.4, -0.2) is 16.0 Å². The van der Waals surface area contributed by atoms with E-state index in [-0.39, 0.29) is 0 Å². The van der Waals surface area contributed by atoms with Gasteiger partial charge in [-0.2, -0.15) is 0 Å². The van der Waals surface area contributed by atoms with Crippen molar-refractivity contribution < 1.29 is 0 Å². The molecule has 0 spiro atoms. The molecular weight excluding hydrogens is 186 g/mol. The minimum absolute atomic E-state index is 0.591. The van der Waals surface area contributed by atoms with Crippen LogP contribution in [0.15, 0.2) is 12.4 Å². The second kappa shape index (κ2) is 4.60. The highest BCUT2D eigenvalue weighted by atomic mass is 15.0. The van der Waals surface area contributed by atoms with Crippen LogP contribution in [0.25, 0.3) is 0 Å². The van der Waals surface area contributed by atoms with Crippen LogP contribution in [0.5, 0.6) is 0 Å². The van der Waals surface area contributed by atoms with E-state index < -0.39 is 0 Å². The topological polar surface area (TPSA) is 37.8 Å². The fourth-order valence-corrected chi connectivity index (χ4v) is 2.25. The maximum atomic E-state index is 4.25. The van der Waals surface area contributed by atoms with Crippen LogP contribution in [-0.2, 0) is 0 Å². The van der Waals surface area contributed by atoms with E-state index in [4.69, 9.17) is 0 Å². The molecule has 0 radical (unpaired) electrons. The minimum Gasteiger partial charge on any atom is -0.367 e. The monoisotopic (exact) mass is 205 g/mol. The molecule has 0 saturated heterocycles. The summed E-state index contributed by atoms with van der Waals surface area (Å²) in [6, 6.07) is 2.61. The van der Waals surface area contributed by atoms with E-state index in [1.165, 1.54) is 25.7 Å². The maximum Gasteiger partial charge on any atom is 0.129 e. The lowest BCUT2D eigenvalue weighted by atomic mass is 9.86. The third kappa shape index (κ3) is 2.67. The van der Waals surface area contributed by atoms with Gasteiger partial charge in [-0.05, 0) is 25.7 Å². The van der Waals surface area contributed by atoms with Gasteiger partial charge in [0, 0.05) is 17.8 Å². The molecule has 2 rings (SSSR count). The molecule has 1 aliphatic rings. The quantitative estimate of drug-likeness (QED) is 0.806. The number of aryl methyl sites for hydroxylation is 1. The fourth-order valence-electron chi connectivity index (χ4n) is 2.25. The van der Waals surface area contributed by atoms with Gasteiger partial charge in [-0.3, -0.25) is 0 Å². The first kappa shape index (κ1) is 10.4. The van der Waals surface area contributed by atoms with Crippen molar-refractivity contribution >= 4 is 5.82 Å². The molecule has 2 unspecified atom stereocenters. The van der Waals surface area contributed by atoms with Crippen molar-refractivity contribution in [1.29, 1.82) is 0 Å². The van der Waals surface area contributed by atoms with E-state index in [2.05, 4.69) is 22.2 Å². The lowest BCUT2D eigenvalue weighted by Crippen LogP contribution is -2.30. The zero-order valence-corrected chi connectivity index (χ0v) is 9.53. The van der Waals surface area contributed by atoms with Gasteiger partial charge in [0.05, 0.1) is 0 Å². The average Bonchev–Trinajstić information content (AvgIpc) is 2.22. The Morgan fingerprint density at radius 1 is 1.27 bits per heavy atom. The van der Waals surface area contributed by atoms with Crippen molar-refractivity contribution in [3.05, 3.63) is 18.1 Å². The lowest BCUT2D eigenvalue weighted by Gasteiger charge is -2.29. The fraction of sp³-hybridized carbons (Fsp3) is 0.667. The zero-order valence-electron chi connectivity index (χ0n) is 9.53. The van der Waals surface area contributed by atoms with E-state index in [9.17, 15) is 0 Å². The third-order valence-corrected chi connectivity index (χ3v) is 3.25.